The van der Waals surface area contributed by atoms with Crippen LogP contribution in [-0.4, -0.2) is 60.7 Å². The quantitative estimate of drug-likeness (QED) is 0.829. The van der Waals surface area contributed by atoms with Gasteiger partial charge < -0.3 is 14.5 Å². The average molecular weight is 290 g/mol. The zero-order valence-electron chi connectivity index (χ0n) is 12.5. The van der Waals surface area contributed by atoms with Crippen molar-refractivity contribution in [3.8, 4) is 0 Å². The van der Waals surface area contributed by atoms with Crippen LogP contribution in [0.4, 0.5) is 5.82 Å². The second-order valence-electron chi connectivity index (χ2n) is 5.73. The maximum absolute atomic E-state index is 11.9. The molecule has 6 heteroatoms. The standard InChI is InChI=1S/C15H22N4O2/c1-21-10-15(20)19-6-2-5-18(7-8-19)14-9-13(12-3-4-12)16-11-17-14/h9,11-12H,2-8,10H2,1H3. The Morgan fingerprint density at radius 2 is 2.14 bits per heavy atom. The minimum absolute atomic E-state index is 0.0701. The fraction of sp³-hybridized carbons (Fsp3) is 0.667. The Morgan fingerprint density at radius 1 is 1.29 bits per heavy atom. The van der Waals surface area contributed by atoms with E-state index in [4.69, 9.17) is 4.74 Å². The normalized spacial score (nSPS) is 19.5. The van der Waals surface area contributed by atoms with Gasteiger partial charge in [0.2, 0.25) is 5.91 Å². The van der Waals surface area contributed by atoms with Gasteiger partial charge >= 0.3 is 0 Å². The molecule has 0 radical (unpaired) electrons. The third-order valence-electron chi connectivity index (χ3n) is 4.11. The van der Waals surface area contributed by atoms with Crippen molar-refractivity contribution in [2.75, 3.05) is 44.8 Å². The summed E-state index contributed by atoms with van der Waals surface area (Å²) in [6.45, 7) is 3.43. The molecular formula is C15H22N4O2. The Morgan fingerprint density at radius 3 is 2.90 bits per heavy atom. The lowest BCUT2D eigenvalue weighted by Gasteiger charge is -2.23. The van der Waals surface area contributed by atoms with Gasteiger partial charge in [-0.1, -0.05) is 0 Å². The highest BCUT2D eigenvalue weighted by Gasteiger charge is 2.26. The fourth-order valence-corrected chi connectivity index (χ4v) is 2.75. The van der Waals surface area contributed by atoms with Gasteiger partial charge in [0, 0.05) is 51.0 Å². The molecule has 114 valence electrons. The van der Waals surface area contributed by atoms with E-state index >= 15 is 0 Å². The minimum Gasteiger partial charge on any atom is -0.375 e. The van der Waals surface area contributed by atoms with Crippen LogP contribution in [0, 0.1) is 0 Å². The van der Waals surface area contributed by atoms with Crippen LogP contribution in [0.15, 0.2) is 12.4 Å². The smallest absolute Gasteiger partial charge is 0.248 e. The van der Waals surface area contributed by atoms with Crippen molar-refractivity contribution in [1.29, 1.82) is 0 Å². The number of rotatable bonds is 4. The van der Waals surface area contributed by atoms with Gasteiger partial charge in [-0.3, -0.25) is 4.79 Å². The number of hydrogen-bond acceptors (Lipinski definition) is 5. The second-order valence-corrected chi connectivity index (χ2v) is 5.73. The van der Waals surface area contributed by atoms with Gasteiger partial charge in [0.1, 0.15) is 18.8 Å². The van der Waals surface area contributed by atoms with Crippen LogP contribution in [0.5, 0.6) is 0 Å². The first-order valence-electron chi connectivity index (χ1n) is 7.61. The van der Waals surface area contributed by atoms with E-state index in [-0.39, 0.29) is 12.5 Å². The zero-order chi connectivity index (χ0) is 14.7. The number of carbonyl (C=O) groups excluding carboxylic acids is 1. The molecule has 2 heterocycles. The number of nitrogens with zero attached hydrogens (tertiary/aromatic N) is 4. The van der Waals surface area contributed by atoms with E-state index in [1.807, 2.05) is 4.90 Å². The van der Waals surface area contributed by atoms with Crippen LogP contribution in [0.25, 0.3) is 0 Å². The molecule has 2 fully saturated rings. The van der Waals surface area contributed by atoms with Crippen LogP contribution < -0.4 is 4.90 Å². The number of carbonyl (C=O) groups is 1. The number of hydrogen-bond donors (Lipinski definition) is 0. The first-order chi connectivity index (χ1) is 10.3. The number of amides is 1. The van der Waals surface area contributed by atoms with Crippen molar-refractivity contribution < 1.29 is 9.53 Å². The number of anilines is 1. The number of methoxy groups -OCH3 is 1. The Bertz CT molecular complexity index is 504. The van der Waals surface area contributed by atoms with Crippen LogP contribution in [0.2, 0.25) is 0 Å². The fourth-order valence-electron chi connectivity index (χ4n) is 2.75. The van der Waals surface area contributed by atoms with Gasteiger partial charge in [0.25, 0.3) is 0 Å². The molecule has 1 saturated carbocycles. The lowest BCUT2D eigenvalue weighted by atomic mass is 10.2. The van der Waals surface area contributed by atoms with Crippen molar-refractivity contribution in [2.24, 2.45) is 0 Å². The van der Waals surface area contributed by atoms with Gasteiger partial charge in [-0.25, -0.2) is 9.97 Å². The third kappa shape index (κ3) is 3.50. The zero-order valence-corrected chi connectivity index (χ0v) is 12.5. The van der Waals surface area contributed by atoms with Crippen molar-refractivity contribution in [3.63, 3.8) is 0 Å². The molecule has 1 aromatic rings. The molecule has 21 heavy (non-hydrogen) atoms. The lowest BCUT2D eigenvalue weighted by molar-refractivity contribution is -0.134. The molecule has 1 amide bonds. The molecule has 0 bridgehead atoms. The first kappa shape index (κ1) is 14.3. The molecule has 1 saturated heterocycles. The van der Waals surface area contributed by atoms with Crippen molar-refractivity contribution in [3.05, 3.63) is 18.1 Å². The van der Waals surface area contributed by atoms with E-state index in [0.717, 1.165) is 44.1 Å². The minimum atomic E-state index is 0.0701. The van der Waals surface area contributed by atoms with E-state index < -0.39 is 0 Å². The molecule has 1 aromatic heterocycles. The molecule has 3 rings (SSSR count). The topological polar surface area (TPSA) is 58.6 Å². The Kier molecular flexibility index (Phi) is 4.34. The van der Waals surface area contributed by atoms with Gasteiger partial charge in [-0.15, -0.1) is 0 Å². The molecule has 0 spiro atoms. The van der Waals surface area contributed by atoms with Gasteiger partial charge in [-0.2, -0.15) is 0 Å². The van der Waals surface area contributed by atoms with E-state index in [0.29, 0.717) is 5.92 Å². The summed E-state index contributed by atoms with van der Waals surface area (Å²) in [5, 5.41) is 0. The summed E-state index contributed by atoms with van der Waals surface area (Å²) in [6, 6.07) is 2.12. The monoisotopic (exact) mass is 290 g/mol. The lowest BCUT2D eigenvalue weighted by Crippen LogP contribution is -2.37. The van der Waals surface area contributed by atoms with Gasteiger partial charge in [0.15, 0.2) is 0 Å². The summed E-state index contributed by atoms with van der Waals surface area (Å²) in [4.78, 5) is 24.8. The molecular weight excluding hydrogens is 268 g/mol. The molecule has 0 N–H and O–H groups in total. The predicted octanol–water partition coefficient (Wildman–Crippen LogP) is 1.04. The Labute approximate surface area is 125 Å². The maximum Gasteiger partial charge on any atom is 0.248 e. The first-order valence-corrected chi connectivity index (χ1v) is 7.61. The maximum atomic E-state index is 11.9. The van der Waals surface area contributed by atoms with Crippen LogP contribution in [0.3, 0.4) is 0 Å². The Balaban J connectivity index is 1.64. The molecule has 1 aliphatic carbocycles. The summed E-state index contributed by atoms with van der Waals surface area (Å²) in [5.41, 5.74) is 1.16. The van der Waals surface area contributed by atoms with Gasteiger partial charge in [0.05, 0.1) is 0 Å². The van der Waals surface area contributed by atoms with E-state index in [1.54, 1.807) is 13.4 Å². The number of ether oxygens (including phenoxy) is 1. The second kappa shape index (κ2) is 6.39. The largest absolute Gasteiger partial charge is 0.375 e. The molecule has 6 nitrogen and oxygen atoms in total. The van der Waals surface area contributed by atoms with Crippen molar-refractivity contribution >= 4 is 11.7 Å². The Hall–Kier alpha value is -1.69. The molecule has 1 aliphatic heterocycles. The number of aromatic nitrogens is 2. The van der Waals surface area contributed by atoms with E-state index in [1.165, 1.54) is 12.8 Å². The van der Waals surface area contributed by atoms with Crippen LogP contribution >= 0.6 is 0 Å². The predicted molar refractivity (Wildman–Crippen MR) is 79.3 cm³/mol. The molecule has 0 atom stereocenters. The summed E-state index contributed by atoms with van der Waals surface area (Å²) < 4.78 is 4.93. The SMILES string of the molecule is COCC(=O)N1CCCN(c2cc(C3CC3)ncn2)CC1. The highest BCUT2D eigenvalue weighted by atomic mass is 16.5. The molecule has 2 aliphatic rings. The van der Waals surface area contributed by atoms with Gasteiger partial charge in [-0.05, 0) is 19.3 Å². The van der Waals surface area contributed by atoms with Crippen molar-refractivity contribution in [2.45, 2.75) is 25.2 Å². The highest BCUT2D eigenvalue weighted by Crippen LogP contribution is 2.39. The van der Waals surface area contributed by atoms with E-state index in [9.17, 15) is 4.79 Å². The molecule has 0 unspecified atom stereocenters. The summed E-state index contributed by atoms with van der Waals surface area (Å²) in [5.74, 6) is 1.70. The highest BCUT2D eigenvalue weighted by molar-refractivity contribution is 5.77. The summed E-state index contributed by atoms with van der Waals surface area (Å²) in [7, 11) is 1.56. The molecule has 0 aromatic carbocycles. The van der Waals surface area contributed by atoms with Crippen LogP contribution in [0.1, 0.15) is 30.9 Å². The summed E-state index contributed by atoms with van der Waals surface area (Å²) in [6.07, 6.45) is 5.12. The van der Waals surface area contributed by atoms with Crippen molar-refractivity contribution in [1.82, 2.24) is 14.9 Å². The third-order valence-corrected chi connectivity index (χ3v) is 4.11. The summed E-state index contributed by atoms with van der Waals surface area (Å²) >= 11 is 0. The average Bonchev–Trinajstić information content (AvgIpc) is 3.34. The van der Waals surface area contributed by atoms with Crippen LogP contribution in [-0.2, 0) is 9.53 Å². The van der Waals surface area contributed by atoms with E-state index in [2.05, 4.69) is 20.9 Å².